The van der Waals surface area contributed by atoms with Gasteiger partial charge in [0, 0.05) is 51.4 Å². The number of hydrogen-bond donors (Lipinski definition) is 0. The summed E-state index contributed by atoms with van der Waals surface area (Å²) in [6.45, 7) is 16.6. The molecule has 11 nitrogen and oxygen atoms in total. The monoisotopic (exact) mass is 841 g/mol. The number of fused-ring (bicyclic) bond motifs is 4. The van der Waals surface area contributed by atoms with E-state index in [1.54, 1.807) is 0 Å². The fraction of sp³-hybridized carbons (Fsp3) is 0.673. The van der Waals surface area contributed by atoms with E-state index >= 15 is 0 Å². The maximum absolute atomic E-state index is 7.30. The SMILES string of the molecule is CCC=CCC1OC2(CC=CCC)OC3(CC=CCC)OC(CC=CCC)OC4(CC=CCC)OC(CC=CCC)(O1)OC(CC=CCC)(O2)OC(CC=CCCC)(O3)O4. The van der Waals surface area contributed by atoms with Gasteiger partial charge in [-0.05, 0) is 51.4 Å². The molecular weight excluding hydrogens is 765 g/mol. The van der Waals surface area contributed by atoms with E-state index in [0.717, 1.165) is 57.8 Å². The zero-order valence-corrected chi connectivity index (χ0v) is 37.9. The minimum absolute atomic E-state index is 0.0456. The normalized spacial score (nSPS) is 35.3. The number of rotatable bonds is 25. The van der Waals surface area contributed by atoms with Gasteiger partial charge >= 0.3 is 0 Å². The van der Waals surface area contributed by atoms with Gasteiger partial charge in [-0.1, -0.05) is 159 Å². The molecule has 0 saturated carbocycles. The lowest BCUT2D eigenvalue weighted by molar-refractivity contribution is -0.733. The molecule has 0 radical (unpaired) electrons. The molecule has 4 fully saturated rings. The van der Waals surface area contributed by atoms with Crippen LogP contribution in [0.4, 0.5) is 0 Å². The van der Waals surface area contributed by atoms with Gasteiger partial charge in [0.2, 0.25) is 0 Å². The van der Waals surface area contributed by atoms with E-state index in [9.17, 15) is 0 Å². The molecule has 0 aromatic carbocycles. The van der Waals surface area contributed by atoms with E-state index < -0.39 is 48.4 Å². The lowest BCUT2D eigenvalue weighted by atomic mass is 10.2. The highest BCUT2D eigenvalue weighted by Gasteiger charge is 2.70. The second-order valence-corrected chi connectivity index (χ2v) is 15.3. The van der Waals surface area contributed by atoms with Crippen LogP contribution in [0.25, 0.3) is 0 Å². The van der Waals surface area contributed by atoms with Crippen LogP contribution in [0, 0.1) is 0 Å². The van der Waals surface area contributed by atoms with Gasteiger partial charge in [-0.3, -0.25) is 52.1 Å². The predicted molar refractivity (Wildman–Crippen MR) is 233 cm³/mol. The van der Waals surface area contributed by atoms with Crippen molar-refractivity contribution < 1.29 is 52.1 Å². The molecule has 338 valence electrons. The first-order valence-corrected chi connectivity index (χ1v) is 22.9. The highest BCUT2D eigenvalue weighted by Crippen LogP contribution is 2.55. The number of hydrogen-bond acceptors (Lipinski definition) is 11. The van der Waals surface area contributed by atoms with Crippen molar-refractivity contribution in [3.05, 3.63) is 97.2 Å². The van der Waals surface area contributed by atoms with Crippen molar-refractivity contribution in [3.8, 4) is 0 Å². The molecule has 4 unspecified atom stereocenters. The molecule has 4 aliphatic heterocycles. The first-order valence-electron chi connectivity index (χ1n) is 22.9. The summed E-state index contributed by atoms with van der Waals surface area (Å²) in [5.41, 5.74) is 0. The Hall–Kier alpha value is -2.52. The second kappa shape index (κ2) is 24.9. The fourth-order valence-electron chi connectivity index (χ4n) is 7.11. The van der Waals surface area contributed by atoms with Crippen molar-refractivity contribution in [2.75, 3.05) is 0 Å². The van der Waals surface area contributed by atoms with Gasteiger partial charge < -0.3 is 0 Å². The maximum atomic E-state index is 7.30. The lowest BCUT2D eigenvalue weighted by Crippen LogP contribution is -2.74. The fourth-order valence-corrected chi connectivity index (χ4v) is 7.11. The van der Waals surface area contributed by atoms with Gasteiger partial charge in [-0.25, -0.2) is 0 Å². The molecule has 60 heavy (non-hydrogen) atoms. The first kappa shape index (κ1) is 50.1. The molecule has 0 N–H and O–H groups in total. The van der Waals surface area contributed by atoms with E-state index in [0.29, 0.717) is 12.8 Å². The van der Waals surface area contributed by atoms with Gasteiger partial charge in [0.15, 0.2) is 12.6 Å². The Labute approximate surface area is 361 Å². The van der Waals surface area contributed by atoms with Gasteiger partial charge in [0.05, 0.1) is 0 Å². The topological polar surface area (TPSA) is 102 Å². The van der Waals surface area contributed by atoms with Crippen LogP contribution in [0.15, 0.2) is 97.2 Å². The molecule has 6 bridgehead atoms. The zero-order valence-electron chi connectivity index (χ0n) is 37.9. The van der Waals surface area contributed by atoms with Crippen molar-refractivity contribution >= 4 is 0 Å². The average molecular weight is 841 g/mol. The summed E-state index contributed by atoms with van der Waals surface area (Å²) in [7, 11) is 0. The summed E-state index contributed by atoms with van der Waals surface area (Å²) in [4.78, 5) is 0. The summed E-state index contributed by atoms with van der Waals surface area (Å²) in [5, 5.41) is 0. The third-order valence-corrected chi connectivity index (χ3v) is 9.72. The van der Waals surface area contributed by atoms with Gasteiger partial charge in [0.1, 0.15) is 0 Å². The van der Waals surface area contributed by atoms with E-state index in [2.05, 4.69) is 73.6 Å². The van der Waals surface area contributed by atoms with Crippen molar-refractivity contribution in [3.63, 3.8) is 0 Å². The Morgan fingerprint density at radius 3 is 0.800 bits per heavy atom. The van der Waals surface area contributed by atoms with Crippen LogP contribution in [0.1, 0.15) is 165 Å². The number of unbranched alkanes of at least 4 members (excludes halogenated alkanes) is 1. The molecule has 4 heterocycles. The predicted octanol–water partition coefficient (Wildman–Crippen LogP) is 13.0. The lowest BCUT2D eigenvalue weighted by Gasteiger charge is -2.61. The highest BCUT2D eigenvalue weighted by molar-refractivity contribution is 4.99. The van der Waals surface area contributed by atoms with Gasteiger partial charge in [-0.15, -0.1) is 0 Å². The maximum Gasteiger partial charge on any atom is 0.299 e. The van der Waals surface area contributed by atoms with Crippen molar-refractivity contribution in [1.82, 2.24) is 0 Å². The summed E-state index contributed by atoms with van der Waals surface area (Å²) >= 11 is 0. The van der Waals surface area contributed by atoms with Crippen molar-refractivity contribution in [2.24, 2.45) is 0 Å². The Balaban J connectivity index is 2.19. The molecule has 4 saturated heterocycles. The van der Waals surface area contributed by atoms with Crippen LogP contribution < -0.4 is 0 Å². The minimum atomic E-state index is -2.05. The smallest absolute Gasteiger partial charge is 0.297 e. The second-order valence-electron chi connectivity index (χ2n) is 15.3. The quantitative estimate of drug-likeness (QED) is 0.0821. The molecule has 0 amide bonds. The van der Waals surface area contributed by atoms with Crippen LogP contribution >= 0.6 is 0 Å². The summed E-state index contributed by atoms with van der Waals surface area (Å²) in [5.74, 6) is -12.0. The van der Waals surface area contributed by atoms with Crippen molar-refractivity contribution in [1.29, 1.82) is 0 Å². The Morgan fingerprint density at radius 2 is 0.517 bits per heavy atom. The first-order chi connectivity index (χ1) is 29.1. The Morgan fingerprint density at radius 1 is 0.283 bits per heavy atom. The molecule has 0 aromatic rings. The molecule has 4 atom stereocenters. The number of ether oxygens (including phenoxy) is 11. The molecular formula is C49H76O11. The van der Waals surface area contributed by atoms with Gasteiger partial charge in [0.25, 0.3) is 35.8 Å². The zero-order chi connectivity index (χ0) is 43.3. The summed E-state index contributed by atoms with van der Waals surface area (Å²) in [6.07, 6.45) is 38.1. The molecule has 4 aliphatic rings. The Bertz CT molecular complexity index is 1420. The van der Waals surface area contributed by atoms with E-state index in [-0.39, 0.29) is 38.5 Å². The van der Waals surface area contributed by atoms with Gasteiger partial charge in [-0.2, -0.15) is 0 Å². The average Bonchev–Trinajstić information content (AvgIpc) is 3.18. The third-order valence-electron chi connectivity index (χ3n) is 9.72. The van der Waals surface area contributed by atoms with Crippen molar-refractivity contribution in [2.45, 2.75) is 213 Å². The molecule has 11 heteroatoms. The van der Waals surface area contributed by atoms with E-state index in [1.807, 2.05) is 79.0 Å². The molecule has 0 spiro atoms. The molecule has 4 rings (SSSR count). The summed E-state index contributed by atoms with van der Waals surface area (Å²) in [6, 6.07) is 0. The van der Waals surface area contributed by atoms with Crippen LogP contribution in [-0.2, 0) is 52.1 Å². The molecule has 0 aliphatic carbocycles. The highest BCUT2D eigenvalue weighted by atomic mass is 17.2. The van der Waals surface area contributed by atoms with Crippen LogP contribution in [0.2, 0.25) is 0 Å². The molecule has 0 aromatic heterocycles. The van der Waals surface area contributed by atoms with Crippen LogP contribution in [0.5, 0.6) is 0 Å². The Kier molecular flexibility index (Phi) is 20.8. The van der Waals surface area contributed by atoms with Crippen LogP contribution in [-0.4, -0.2) is 48.4 Å². The van der Waals surface area contributed by atoms with E-state index in [1.165, 1.54) is 0 Å². The minimum Gasteiger partial charge on any atom is -0.297 e. The van der Waals surface area contributed by atoms with Crippen LogP contribution in [0.3, 0.4) is 0 Å². The third kappa shape index (κ3) is 14.5. The number of allylic oxidation sites excluding steroid dienone is 8. The standard InChI is InChI=1S/C49H76O11/c1-9-17-25-33-41-49-58-46(38-30-22-14-6)52-43(35-27-19-11-3)53-47(59-49,39-31-23-15-7)55-45(37-29-21-13-5)51-42(34-26-18-10-2)50-44(54-46,36-28-20-12-4)56-48(57-45,60-49)40-32-24-16-8/h18-33,42-43H,9-17,34-41H2,1-8H3. The summed E-state index contributed by atoms with van der Waals surface area (Å²) < 4.78 is 79.5. The van der Waals surface area contributed by atoms with E-state index in [4.69, 9.17) is 52.1 Å². The largest absolute Gasteiger partial charge is 0.299 e.